The molecule has 0 radical (unpaired) electrons. The first-order chi connectivity index (χ1) is 18.7. The number of anilines is 1. The van der Waals surface area contributed by atoms with Gasteiger partial charge in [0.15, 0.2) is 9.84 Å². The third-order valence-corrected chi connectivity index (χ3v) is 8.54. The zero-order valence-corrected chi connectivity index (χ0v) is 22.7. The van der Waals surface area contributed by atoms with Gasteiger partial charge in [-0.2, -0.15) is 0 Å². The average Bonchev–Trinajstić information content (AvgIpc) is 2.86. The molecule has 0 unspecified atom stereocenters. The normalized spacial score (nSPS) is 15.0. The third-order valence-electron chi connectivity index (χ3n) is 6.48. The van der Waals surface area contributed by atoms with Crippen molar-refractivity contribution < 1.29 is 36.2 Å². The number of halogens is 4. The zero-order chi connectivity index (χ0) is 29.4. The summed E-state index contributed by atoms with van der Waals surface area (Å²) in [4.78, 5) is 32.1. The van der Waals surface area contributed by atoms with Crippen LogP contribution in [0.15, 0.2) is 40.0 Å². The molecular formula is C24H25ClF3N5O6S. The van der Waals surface area contributed by atoms with Gasteiger partial charge in [0.2, 0.25) is 5.95 Å². The highest BCUT2D eigenvalue weighted by atomic mass is 35.5. The number of aromatic nitrogens is 2. The summed E-state index contributed by atoms with van der Waals surface area (Å²) >= 11 is 6.08. The molecule has 1 saturated heterocycles. The first kappa shape index (κ1) is 29.4. The molecule has 216 valence electrons. The van der Waals surface area contributed by atoms with Crippen molar-refractivity contribution in [3.8, 4) is 5.75 Å². The summed E-state index contributed by atoms with van der Waals surface area (Å²) in [7, 11) is -3.72. The second-order valence-electron chi connectivity index (χ2n) is 9.09. The van der Waals surface area contributed by atoms with Gasteiger partial charge in [0.1, 0.15) is 5.75 Å². The molecule has 3 N–H and O–H groups in total. The highest BCUT2D eigenvalue weighted by Crippen LogP contribution is 2.30. The number of hydrogen-bond donors (Lipinski definition) is 2. The van der Waals surface area contributed by atoms with Gasteiger partial charge in [-0.05, 0) is 41.5 Å². The predicted molar refractivity (Wildman–Crippen MR) is 140 cm³/mol. The third kappa shape index (κ3) is 6.42. The Hall–Kier alpha value is -3.56. The number of hydrogen-bond acceptors (Lipinski definition) is 8. The summed E-state index contributed by atoms with van der Waals surface area (Å²) in [6.07, 6.45) is -6.11. The van der Waals surface area contributed by atoms with Gasteiger partial charge in [0, 0.05) is 37.7 Å². The van der Waals surface area contributed by atoms with Gasteiger partial charge in [0.05, 0.1) is 28.1 Å². The standard InChI is InChI=1S/C24H25ClF3N5O6S/c1-2-40(37,38)19-4-3-16(25)9-14(19)13-33-21(34)18-11-17(39-24(26,27)28)10-15(20(18)30-22(33)29)12-31-5-7-32(8-6-31)23(35)36/h3-4,9-11H,2,5-8,12-13H2,1H3,(H2,29,30)(H,35,36). The zero-order valence-electron chi connectivity index (χ0n) is 21.1. The molecule has 1 aliphatic heterocycles. The van der Waals surface area contributed by atoms with Gasteiger partial charge >= 0.3 is 12.5 Å². The van der Waals surface area contributed by atoms with Crippen LogP contribution in [0.1, 0.15) is 18.1 Å². The van der Waals surface area contributed by atoms with Gasteiger partial charge in [-0.3, -0.25) is 14.3 Å². The van der Waals surface area contributed by atoms with Crippen LogP contribution in [0.2, 0.25) is 5.02 Å². The highest BCUT2D eigenvalue weighted by molar-refractivity contribution is 7.91. The SMILES string of the molecule is CCS(=O)(=O)c1ccc(Cl)cc1Cn1c(N)nc2c(CN3CCN(C(=O)O)CC3)cc(OC(F)(F)F)cc2c1=O. The Balaban J connectivity index is 1.81. The molecule has 2 heterocycles. The van der Waals surface area contributed by atoms with Crippen LogP contribution >= 0.6 is 11.6 Å². The van der Waals surface area contributed by atoms with Crippen LogP contribution in [0.25, 0.3) is 10.9 Å². The monoisotopic (exact) mass is 603 g/mol. The molecule has 40 heavy (non-hydrogen) atoms. The van der Waals surface area contributed by atoms with Crippen molar-refractivity contribution >= 4 is 44.4 Å². The quantitative estimate of drug-likeness (QED) is 0.415. The van der Waals surface area contributed by atoms with Gasteiger partial charge in [-0.15, -0.1) is 13.2 Å². The molecule has 0 atom stereocenters. The number of benzene rings is 2. The van der Waals surface area contributed by atoms with E-state index in [0.717, 1.165) is 16.7 Å². The maximum atomic E-state index is 13.6. The first-order valence-electron chi connectivity index (χ1n) is 12.0. The smallest absolute Gasteiger partial charge is 0.465 e. The van der Waals surface area contributed by atoms with Crippen molar-refractivity contribution in [2.75, 3.05) is 37.7 Å². The van der Waals surface area contributed by atoms with Gasteiger partial charge in [-0.25, -0.2) is 18.2 Å². The molecule has 1 fully saturated rings. The van der Waals surface area contributed by atoms with Crippen molar-refractivity contribution in [3.63, 3.8) is 0 Å². The summed E-state index contributed by atoms with van der Waals surface area (Å²) in [5.41, 5.74) is 5.73. The van der Waals surface area contributed by atoms with Crippen LogP contribution in [0, 0.1) is 0 Å². The topological polar surface area (TPSA) is 148 Å². The number of fused-ring (bicyclic) bond motifs is 1. The molecule has 0 bridgehead atoms. The second-order valence-corrected chi connectivity index (χ2v) is 11.8. The van der Waals surface area contributed by atoms with Crippen LogP contribution in [-0.4, -0.2) is 77.3 Å². The molecule has 1 amide bonds. The van der Waals surface area contributed by atoms with E-state index in [1.54, 1.807) is 0 Å². The van der Waals surface area contributed by atoms with Crippen LogP contribution in [0.5, 0.6) is 5.75 Å². The lowest BCUT2D eigenvalue weighted by Crippen LogP contribution is -2.47. The Bertz CT molecular complexity index is 1620. The molecule has 4 rings (SSSR count). The summed E-state index contributed by atoms with van der Waals surface area (Å²) < 4.78 is 69.7. The summed E-state index contributed by atoms with van der Waals surface area (Å²) in [5, 5.41) is 9.15. The fourth-order valence-corrected chi connectivity index (χ4v) is 5.79. The van der Waals surface area contributed by atoms with E-state index in [2.05, 4.69) is 9.72 Å². The Labute approximate surface area is 231 Å². The molecule has 0 aliphatic carbocycles. The lowest BCUT2D eigenvalue weighted by atomic mass is 10.1. The molecule has 11 nitrogen and oxygen atoms in total. The molecule has 3 aromatic rings. The van der Waals surface area contributed by atoms with Crippen molar-refractivity contribution in [1.82, 2.24) is 19.4 Å². The Morgan fingerprint density at radius 3 is 2.40 bits per heavy atom. The minimum Gasteiger partial charge on any atom is -0.465 e. The van der Waals surface area contributed by atoms with E-state index in [1.165, 1.54) is 30.0 Å². The van der Waals surface area contributed by atoms with E-state index >= 15 is 0 Å². The van der Waals surface area contributed by atoms with Crippen molar-refractivity contribution in [1.29, 1.82) is 0 Å². The average molecular weight is 604 g/mol. The van der Waals surface area contributed by atoms with Crippen LogP contribution in [0.4, 0.5) is 23.9 Å². The maximum Gasteiger partial charge on any atom is 0.573 e. The molecular weight excluding hydrogens is 579 g/mol. The summed E-state index contributed by atoms with van der Waals surface area (Å²) in [6.45, 7) is 2.12. The predicted octanol–water partition coefficient (Wildman–Crippen LogP) is 3.17. The number of nitrogens with two attached hydrogens (primary N) is 1. The summed E-state index contributed by atoms with van der Waals surface area (Å²) in [5.74, 6) is -1.16. The number of nitrogen functional groups attached to an aromatic ring is 1. The van der Waals surface area contributed by atoms with Crippen LogP contribution in [0.3, 0.4) is 0 Å². The lowest BCUT2D eigenvalue weighted by Gasteiger charge is -2.33. The molecule has 0 saturated carbocycles. The van der Waals surface area contributed by atoms with Crippen molar-refractivity contribution in [2.24, 2.45) is 0 Å². The number of rotatable bonds is 7. The number of nitrogens with zero attached hydrogens (tertiary/aromatic N) is 4. The number of alkyl halides is 3. The van der Waals surface area contributed by atoms with E-state index < -0.39 is 33.6 Å². The Kier molecular flexibility index (Phi) is 8.19. The van der Waals surface area contributed by atoms with E-state index in [9.17, 15) is 31.2 Å². The lowest BCUT2D eigenvalue weighted by molar-refractivity contribution is -0.274. The van der Waals surface area contributed by atoms with Crippen molar-refractivity contribution in [2.45, 2.75) is 31.3 Å². The second kappa shape index (κ2) is 11.1. The summed E-state index contributed by atoms with van der Waals surface area (Å²) in [6, 6.07) is 6.08. The minimum atomic E-state index is -5.04. The number of carboxylic acid groups (broad SMARTS) is 1. The Morgan fingerprint density at radius 1 is 1.12 bits per heavy atom. The fourth-order valence-electron chi connectivity index (χ4n) is 4.49. The molecule has 1 aliphatic rings. The number of ether oxygens (including phenoxy) is 1. The van der Waals surface area contributed by atoms with E-state index in [4.69, 9.17) is 22.4 Å². The first-order valence-corrected chi connectivity index (χ1v) is 14.0. The minimum absolute atomic E-state index is 0.0430. The van der Waals surface area contributed by atoms with Gasteiger partial charge in [0.25, 0.3) is 5.56 Å². The molecule has 2 aromatic carbocycles. The van der Waals surface area contributed by atoms with E-state index in [1.807, 2.05) is 4.90 Å². The van der Waals surface area contributed by atoms with Gasteiger partial charge < -0.3 is 20.5 Å². The largest absolute Gasteiger partial charge is 0.573 e. The molecule has 1 aromatic heterocycles. The van der Waals surface area contributed by atoms with Crippen molar-refractivity contribution in [3.05, 3.63) is 56.8 Å². The van der Waals surface area contributed by atoms with Crippen LogP contribution in [-0.2, 0) is 22.9 Å². The fraction of sp³-hybridized carbons (Fsp3) is 0.375. The van der Waals surface area contributed by atoms with Gasteiger partial charge in [-0.1, -0.05) is 18.5 Å². The maximum absolute atomic E-state index is 13.6. The molecule has 0 spiro atoms. The highest BCUT2D eigenvalue weighted by Gasteiger charge is 2.32. The number of sulfone groups is 1. The van der Waals surface area contributed by atoms with E-state index in [0.29, 0.717) is 13.1 Å². The number of carbonyl (C=O) groups is 1. The molecule has 16 heteroatoms. The Morgan fingerprint density at radius 2 is 1.80 bits per heavy atom. The number of piperazine rings is 1. The van der Waals surface area contributed by atoms with E-state index in [-0.39, 0.29) is 69.8 Å². The number of amides is 1. The van der Waals surface area contributed by atoms with Crippen LogP contribution < -0.4 is 16.0 Å².